The van der Waals surface area contributed by atoms with Crippen molar-refractivity contribution in [3.63, 3.8) is 0 Å². The summed E-state index contributed by atoms with van der Waals surface area (Å²) < 4.78 is 54.6. The van der Waals surface area contributed by atoms with Gasteiger partial charge in [-0.3, -0.25) is 9.69 Å². The minimum Gasteiger partial charge on any atom is -0.430 e. The van der Waals surface area contributed by atoms with Gasteiger partial charge in [-0.25, -0.2) is 22.3 Å². The normalized spacial score (nSPS) is 11.2. The second kappa shape index (κ2) is 7.13. The lowest BCUT2D eigenvalue weighted by Crippen LogP contribution is -2.16. The Kier molecular flexibility index (Phi) is 4.88. The largest absolute Gasteiger partial charge is 0.430 e. The van der Waals surface area contributed by atoms with Crippen LogP contribution in [0.3, 0.4) is 0 Å². The molecule has 0 spiro atoms. The summed E-state index contributed by atoms with van der Waals surface area (Å²) in [6, 6.07) is 8.12. The number of nitrogens with zero attached hydrogens (tertiary/aromatic N) is 2. The molecule has 0 bridgehead atoms. The van der Waals surface area contributed by atoms with Gasteiger partial charge in [-0.1, -0.05) is 0 Å². The van der Waals surface area contributed by atoms with Crippen LogP contribution >= 0.6 is 0 Å². The molecule has 0 fully saturated rings. The first-order valence-corrected chi connectivity index (χ1v) is 8.87. The highest BCUT2D eigenvalue weighted by Crippen LogP contribution is 2.28. The predicted octanol–water partition coefficient (Wildman–Crippen LogP) is 2.64. The van der Waals surface area contributed by atoms with Crippen LogP contribution in [0.4, 0.5) is 32.0 Å². The molecular formula is C16H12F2N4O4S. The number of anilines is 4. The standard InChI is InChI=1S/C16H12F2N4O4S/c17-10-1-6-14(13(18)7-10)22(9-23)15-8-26-16(21-15)20-11-2-4-12(5-3-11)27(19,24)25/h1-9H,(H,20,21)(H2,19,24,25). The number of rotatable bonds is 6. The molecular weight excluding hydrogens is 382 g/mol. The van der Waals surface area contributed by atoms with Crippen molar-refractivity contribution in [3.8, 4) is 0 Å². The zero-order chi connectivity index (χ0) is 19.6. The van der Waals surface area contributed by atoms with Gasteiger partial charge in [-0.2, -0.15) is 4.98 Å². The van der Waals surface area contributed by atoms with Gasteiger partial charge >= 0.3 is 6.01 Å². The average molecular weight is 394 g/mol. The highest BCUT2D eigenvalue weighted by molar-refractivity contribution is 7.89. The van der Waals surface area contributed by atoms with Gasteiger partial charge in [0.1, 0.15) is 17.9 Å². The summed E-state index contributed by atoms with van der Waals surface area (Å²) in [7, 11) is -3.82. The molecule has 3 aromatic rings. The quantitative estimate of drug-likeness (QED) is 0.621. The Morgan fingerprint density at radius 3 is 2.44 bits per heavy atom. The number of nitrogens with two attached hydrogens (primary N) is 1. The smallest absolute Gasteiger partial charge is 0.301 e. The van der Waals surface area contributed by atoms with E-state index in [2.05, 4.69) is 10.3 Å². The van der Waals surface area contributed by atoms with Crippen molar-refractivity contribution in [1.82, 2.24) is 4.98 Å². The summed E-state index contributed by atoms with van der Waals surface area (Å²) in [5, 5.41) is 7.76. The van der Waals surface area contributed by atoms with Gasteiger partial charge in [0, 0.05) is 11.8 Å². The molecule has 27 heavy (non-hydrogen) atoms. The number of aromatic nitrogens is 1. The third-order valence-electron chi connectivity index (χ3n) is 3.45. The van der Waals surface area contributed by atoms with Crippen LogP contribution in [0.25, 0.3) is 0 Å². The average Bonchev–Trinajstić information content (AvgIpc) is 3.05. The molecule has 0 atom stereocenters. The third kappa shape index (κ3) is 4.10. The Morgan fingerprint density at radius 1 is 1.15 bits per heavy atom. The lowest BCUT2D eigenvalue weighted by Gasteiger charge is -2.14. The number of nitrogens with one attached hydrogen (secondary N) is 1. The van der Waals surface area contributed by atoms with Crippen LogP contribution in [0, 0.1) is 11.6 Å². The summed E-state index contributed by atoms with van der Waals surface area (Å²) in [6.45, 7) is 0. The zero-order valence-electron chi connectivity index (χ0n) is 13.5. The van der Waals surface area contributed by atoms with Crippen molar-refractivity contribution in [2.45, 2.75) is 4.90 Å². The number of hydrogen-bond acceptors (Lipinski definition) is 6. The van der Waals surface area contributed by atoms with E-state index >= 15 is 0 Å². The van der Waals surface area contributed by atoms with Crippen molar-refractivity contribution in [2.24, 2.45) is 5.14 Å². The van der Waals surface area contributed by atoms with Crippen molar-refractivity contribution >= 4 is 39.6 Å². The molecule has 0 aliphatic carbocycles. The summed E-state index contributed by atoms with van der Waals surface area (Å²) in [5.41, 5.74) is 0.227. The van der Waals surface area contributed by atoms with Crippen LogP contribution in [0.2, 0.25) is 0 Å². The van der Waals surface area contributed by atoms with Crippen LogP contribution < -0.4 is 15.4 Å². The van der Waals surface area contributed by atoms with E-state index in [0.29, 0.717) is 18.2 Å². The Morgan fingerprint density at radius 2 is 1.85 bits per heavy atom. The summed E-state index contributed by atoms with van der Waals surface area (Å²) in [4.78, 5) is 16.1. The molecule has 8 nitrogen and oxygen atoms in total. The molecule has 0 radical (unpaired) electrons. The third-order valence-corrected chi connectivity index (χ3v) is 4.38. The first-order valence-electron chi connectivity index (χ1n) is 7.33. The number of halogens is 2. The van der Waals surface area contributed by atoms with E-state index in [1.165, 1.54) is 24.3 Å². The Bertz CT molecular complexity index is 1080. The van der Waals surface area contributed by atoms with Crippen LogP contribution in [0.15, 0.2) is 58.0 Å². The van der Waals surface area contributed by atoms with Gasteiger partial charge in [0.15, 0.2) is 5.82 Å². The van der Waals surface area contributed by atoms with E-state index < -0.39 is 21.7 Å². The van der Waals surface area contributed by atoms with Crippen LogP contribution in [0.1, 0.15) is 0 Å². The van der Waals surface area contributed by atoms with Gasteiger partial charge in [0.05, 0.1) is 10.6 Å². The van der Waals surface area contributed by atoms with Crippen LogP contribution in [-0.4, -0.2) is 19.8 Å². The first-order chi connectivity index (χ1) is 12.8. The Labute approximate surface area is 152 Å². The van der Waals surface area contributed by atoms with E-state index in [4.69, 9.17) is 9.56 Å². The summed E-state index contributed by atoms with van der Waals surface area (Å²) >= 11 is 0. The number of carbonyl (C=O) groups is 1. The molecule has 0 saturated carbocycles. The van der Waals surface area contributed by atoms with E-state index in [1.807, 2.05) is 0 Å². The van der Waals surface area contributed by atoms with Crippen LogP contribution in [-0.2, 0) is 14.8 Å². The van der Waals surface area contributed by atoms with Gasteiger partial charge in [0.25, 0.3) is 0 Å². The molecule has 1 aromatic heterocycles. The Hall–Kier alpha value is -3.31. The van der Waals surface area contributed by atoms with Crippen LogP contribution in [0.5, 0.6) is 0 Å². The second-order valence-electron chi connectivity index (χ2n) is 5.28. The number of amides is 1. The number of benzene rings is 2. The lowest BCUT2D eigenvalue weighted by atomic mass is 10.2. The number of hydrogen-bond donors (Lipinski definition) is 2. The fraction of sp³-hybridized carbons (Fsp3) is 0. The molecule has 11 heteroatoms. The zero-order valence-corrected chi connectivity index (χ0v) is 14.3. The van der Waals surface area contributed by atoms with Crippen molar-refractivity contribution < 1.29 is 26.4 Å². The van der Waals surface area contributed by atoms with E-state index in [9.17, 15) is 22.0 Å². The molecule has 0 aliphatic rings. The highest BCUT2D eigenvalue weighted by Gasteiger charge is 2.18. The van der Waals surface area contributed by atoms with Gasteiger partial charge < -0.3 is 9.73 Å². The van der Waals surface area contributed by atoms with Gasteiger partial charge in [-0.15, -0.1) is 0 Å². The molecule has 0 unspecified atom stereocenters. The minimum atomic E-state index is -3.82. The summed E-state index contributed by atoms with van der Waals surface area (Å²) in [5.74, 6) is -1.77. The number of oxazole rings is 1. The van der Waals surface area contributed by atoms with Gasteiger partial charge in [-0.05, 0) is 36.4 Å². The molecule has 1 amide bonds. The molecule has 3 rings (SSSR count). The van der Waals surface area contributed by atoms with E-state index in [0.717, 1.165) is 23.3 Å². The number of sulfonamides is 1. The molecule has 1 heterocycles. The topological polar surface area (TPSA) is 119 Å². The molecule has 0 saturated heterocycles. The van der Waals surface area contributed by atoms with E-state index in [-0.39, 0.29) is 22.4 Å². The van der Waals surface area contributed by atoms with Gasteiger partial charge in [0.2, 0.25) is 16.4 Å². The van der Waals surface area contributed by atoms with Crippen molar-refractivity contribution in [3.05, 3.63) is 60.4 Å². The fourth-order valence-corrected chi connectivity index (χ4v) is 2.71. The summed E-state index contributed by atoms with van der Waals surface area (Å²) in [6.07, 6.45) is 1.40. The molecule has 2 aromatic carbocycles. The molecule has 0 aliphatic heterocycles. The lowest BCUT2D eigenvalue weighted by molar-refractivity contribution is -0.106. The predicted molar refractivity (Wildman–Crippen MR) is 92.2 cm³/mol. The minimum absolute atomic E-state index is 0.0391. The molecule has 3 N–H and O–H groups in total. The number of carbonyl (C=O) groups excluding carboxylic acids is 1. The SMILES string of the molecule is NS(=O)(=O)c1ccc(Nc2nc(N(C=O)c3ccc(F)cc3F)co2)cc1. The Balaban J connectivity index is 1.82. The maximum atomic E-state index is 13.9. The highest BCUT2D eigenvalue weighted by atomic mass is 32.2. The van der Waals surface area contributed by atoms with E-state index in [1.54, 1.807) is 0 Å². The molecule has 140 valence electrons. The van der Waals surface area contributed by atoms with Crippen molar-refractivity contribution in [2.75, 3.05) is 10.2 Å². The second-order valence-corrected chi connectivity index (χ2v) is 6.84. The number of primary sulfonamides is 1. The maximum absolute atomic E-state index is 13.9. The fourth-order valence-electron chi connectivity index (χ4n) is 2.20. The maximum Gasteiger partial charge on any atom is 0.301 e. The van der Waals surface area contributed by atoms with Crippen molar-refractivity contribution in [1.29, 1.82) is 0 Å². The first kappa shape index (κ1) is 18.5. The monoisotopic (exact) mass is 394 g/mol.